The molecule has 0 spiro atoms. The molecule has 0 bridgehead atoms. The van der Waals surface area contributed by atoms with E-state index in [0.717, 1.165) is 12.0 Å². The molecule has 1 fully saturated rings. The summed E-state index contributed by atoms with van der Waals surface area (Å²) in [5.41, 5.74) is 1.35. The Labute approximate surface area is 150 Å². The number of phenols is 1. The first-order valence-electron chi connectivity index (χ1n) is 9.00. The summed E-state index contributed by atoms with van der Waals surface area (Å²) in [6, 6.07) is 5.30. The van der Waals surface area contributed by atoms with Crippen molar-refractivity contribution in [2.24, 2.45) is 11.8 Å². The van der Waals surface area contributed by atoms with Gasteiger partial charge in [0.2, 0.25) is 11.8 Å². The van der Waals surface area contributed by atoms with E-state index in [9.17, 15) is 14.7 Å². The number of nitrogens with one attached hydrogen (secondary N) is 2. The maximum absolute atomic E-state index is 12.7. The summed E-state index contributed by atoms with van der Waals surface area (Å²) in [4.78, 5) is 24.6. The largest absolute Gasteiger partial charge is 0.506 e. The highest BCUT2D eigenvalue weighted by atomic mass is 16.3. The second-order valence-electron chi connectivity index (χ2n) is 8.50. The van der Waals surface area contributed by atoms with Gasteiger partial charge in [0.05, 0.1) is 5.69 Å². The molecule has 0 aromatic heterocycles. The van der Waals surface area contributed by atoms with Gasteiger partial charge >= 0.3 is 0 Å². The van der Waals surface area contributed by atoms with Gasteiger partial charge < -0.3 is 15.7 Å². The van der Waals surface area contributed by atoms with Gasteiger partial charge in [-0.2, -0.15) is 0 Å². The van der Waals surface area contributed by atoms with E-state index in [-0.39, 0.29) is 41.4 Å². The van der Waals surface area contributed by atoms with E-state index in [0.29, 0.717) is 18.0 Å². The lowest BCUT2D eigenvalue weighted by atomic mass is 9.86. The van der Waals surface area contributed by atoms with Crippen molar-refractivity contribution in [2.75, 3.05) is 5.32 Å². The summed E-state index contributed by atoms with van der Waals surface area (Å²) in [5.74, 6) is -0.148. The Hall–Kier alpha value is -2.04. The molecule has 1 aromatic carbocycles. The van der Waals surface area contributed by atoms with Crippen LogP contribution in [0.2, 0.25) is 0 Å². The van der Waals surface area contributed by atoms with Crippen LogP contribution in [0.4, 0.5) is 5.69 Å². The number of carbonyl (C=O) groups is 2. The average Bonchev–Trinajstić information content (AvgIpc) is 2.46. The average molecular weight is 346 g/mol. The minimum atomic E-state index is -0.366. The first kappa shape index (κ1) is 19.3. The van der Waals surface area contributed by atoms with Gasteiger partial charge in [-0.1, -0.05) is 40.7 Å². The Morgan fingerprint density at radius 3 is 2.64 bits per heavy atom. The molecule has 1 heterocycles. The molecule has 1 aromatic rings. The second-order valence-corrected chi connectivity index (χ2v) is 8.50. The molecule has 1 aliphatic heterocycles. The number of benzene rings is 1. The fourth-order valence-electron chi connectivity index (χ4n) is 3.26. The zero-order valence-corrected chi connectivity index (χ0v) is 15.8. The van der Waals surface area contributed by atoms with Crippen molar-refractivity contribution in [1.29, 1.82) is 0 Å². The van der Waals surface area contributed by atoms with E-state index in [1.807, 2.05) is 12.1 Å². The predicted octanol–water partition coefficient (Wildman–Crippen LogP) is 3.57. The summed E-state index contributed by atoms with van der Waals surface area (Å²) < 4.78 is 0. The smallest absolute Gasteiger partial charge is 0.228 e. The number of hydrogen-bond donors (Lipinski definition) is 3. The van der Waals surface area contributed by atoms with E-state index in [1.54, 1.807) is 6.07 Å². The molecule has 138 valence electrons. The monoisotopic (exact) mass is 346 g/mol. The maximum atomic E-state index is 12.7. The van der Waals surface area contributed by atoms with Crippen LogP contribution in [0.25, 0.3) is 0 Å². The third-order valence-electron chi connectivity index (χ3n) is 4.61. The maximum Gasteiger partial charge on any atom is 0.228 e. The molecular formula is C20H30N2O3. The van der Waals surface area contributed by atoms with E-state index >= 15 is 0 Å². The van der Waals surface area contributed by atoms with Crippen LogP contribution in [0.1, 0.15) is 59.4 Å². The summed E-state index contributed by atoms with van der Waals surface area (Å²) in [6.07, 6.45) is 1.69. The van der Waals surface area contributed by atoms with Gasteiger partial charge in [-0.05, 0) is 41.9 Å². The van der Waals surface area contributed by atoms with Crippen molar-refractivity contribution < 1.29 is 14.7 Å². The quantitative estimate of drug-likeness (QED) is 0.729. The highest BCUT2D eigenvalue weighted by Crippen LogP contribution is 2.32. The summed E-state index contributed by atoms with van der Waals surface area (Å²) in [7, 11) is 0. The van der Waals surface area contributed by atoms with Crippen molar-refractivity contribution in [3.8, 4) is 5.75 Å². The highest BCUT2D eigenvalue weighted by molar-refractivity contribution is 5.97. The summed E-state index contributed by atoms with van der Waals surface area (Å²) >= 11 is 0. The first-order valence-corrected chi connectivity index (χ1v) is 9.00. The first-order chi connectivity index (χ1) is 11.6. The van der Waals surface area contributed by atoms with Crippen LogP contribution in [-0.4, -0.2) is 23.0 Å². The SMILES string of the molecule is CC(C)C[C@@H]1C[C@@H](C(=O)Nc2cc(C(C)(C)C)ccc2O)CC(=O)N1. The number of amides is 2. The number of anilines is 1. The molecule has 0 saturated carbocycles. The Morgan fingerprint density at radius 1 is 1.36 bits per heavy atom. The van der Waals surface area contributed by atoms with Crippen molar-refractivity contribution in [3.63, 3.8) is 0 Å². The van der Waals surface area contributed by atoms with Crippen LogP contribution in [0.5, 0.6) is 5.75 Å². The lowest BCUT2D eigenvalue weighted by Gasteiger charge is -2.30. The van der Waals surface area contributed by atoms with E-state index in [1.165, 1.54) is 0 Å². The number of hydrogen-bond acceptors (Lipinski definition) is 3. The van der Waals surface area contributed by atoms with Crippen LogP contribution in [0.3, 0.4) is 0 Å². The van der Waals surface area contributed by atoms with Crippen LogP contribution in [0, 0.1) is 11.8 Å². The molecule has 1 aliphatic rings. The van der Waals surface area contributed by atoms with Crippen molar-refractivity contribution in [2.45, 2.75) is 65.3 Å². The minimum Gasteiger partial charge on any atom is -0.506 e. The third kappa shape index (κ3) is 5.21. The molecule has 5 heteroatoms. The van der Waals surface area contributed by atoms with Crippen molar-refractivity contribution in [1.82, 2.24) is 5.32 Å². The number of aromatic hydroxyl groups is 1. The number of carbonyl (C=O) groups excluding carboxylic acids is 2. The van der Waals surface area contributed by atoms with Crippen LogP contribution in [-0.2, 0) is 15.0 Å². The molecule has 0 aliphatic carbocycles. The van der Waals surface area contributed by atoms with Crippen LogP contribution >= 0.6 is 0 Å². The van der Waals surface area contributed by atoms with Crippen LogP contribution < -0.4 is 10.6 Å². The molecule has 0 radical (unpaired) electrons. The number of phenolic OH excluding ortho intramolecular Hbond substituents is 1. The normalized spacial score (nSPS) is 21.1. The molecule has 2 rings (SSSR count). The number of rotatable bonds is 4. The van der Waals surface area contributed by atoms with E-state index < -0.39 is 0 Å². The molecule has 5 nitrogen and oxygen atoms in total. The molecule has 2 atom stereocenters. The Bertz CT molecular complexity index is 647. The highest BCUT2D eigenvalue weighted by Gasteiger charge is 2.32. The Balaban J connectivity index is 2.12. The van der Waals surface area contributed by atoms with Gasteiger partial charge in [-0.25, -0.2) is 0 Å². The van der Waals surface area contributed by atoms with Gasteiger partial charge in [-0.3, -0.25) is 9.59 Å². The lowest BCUT2D eigenvalue weighted by Crippen LogP contribution is -2.46. The molecule has 0 unspecified atom stereocenters. The predicted molar refractivity (Wildman–Crippen MR) is 99.5 cm³/mol. The van der Waals surface area contributed by atoms with E-state index in [2.05, 4.69) is 45.3 Å². The second kappa shape index (κ2) is 7.46. The zero-order chi connectivity index (χ0) is 18.8. The van der Waals surface area contributed by atoms with Gasteiger partial charge in [0.1, 0.15) is 5.75 Å². The van der Waals surface area contributed by atoms with E-state index in [4.69, 9.17) is 0 Å². The zero-order valence-electron chi connectivity index (χ0n) is 15.8. The molecule has 2 amide bonds. The standard InChI is InChI=1S/C20H30N2O3/c1-12(2)8-15-9-13(10-18(24)21-15)19(25)22-16-11-14(20(3,4)5)6-7-17(16)23/h6-7,11-13,15,23H,8-10H2,1-5H3,(H,21,24)(H,22,25)/t13-,15-/m1/s1. The lowest BCUT2D eigenvalue weighted by molar-refractivity contribution is -0.131. The molecular weight excluding hydrogens is 316 g/mol. The molecule has 25 heavy (non-hydrogen) atoms. The van der Waals surface area contributed by atoms with Gasteiger partial charge in [0.25, 0.3) is 0 Å². The van der Waals surface area contributed by atoms with Crippen molar-refractivity contribution >= 4 is 17.5 Å². The Kier molecular flexibility index (Phi) is 5.76. The Morgan fingerprint density at radius 2 is 2.04 bits per heavy atom. The summed E-state index contributed by atoms with van der Waals surface area (Å²) in [5, 5.41) is 15.9. The minimum absolute atomic E-state index is 0.0338. The van der Waals surface area contributed by atoms with Crippen molar-refractivity contribution in [3.05, 3.63) is 23.8 Å². The van der Waals surface area contributed by atoms with Gasteiger partial charge in [-0.15, -0.1) is 0 Å². The number of piperidine rings is 1. The molecule has 1 saturated heterocycles. The van der Waals surface area contributed by atoms with Gasteiger partial charge in [0, 0.05) is 18.4 Å². The molecule has 3 N–H and O–H groups in total. The third-order valence-corrected chi connectivity index (χ3v) is 4.61. The fraction of sp³-hybridized carbons (Fsp3) is 0.600. The topological polar surface area (TPSA) is 78.4 Å². The van der Waals surface area contributed by atoms with Crippen LogP contribution in [0.15, 0.2) is 18.2 Å². The fourth-order valence-corrected chi connectivity index (χ4v) is 3.26. The summed E-state index contributed by atoms with van der Waals surface area (Å²) in [6.45, 7) is 10.4. The van der Waals surface area contributed by atoms with Gasteiger partial charge in [0.15, 0.2) is 0 Å².